The third kappa shape index (κ3) is 4.53. The van der Waals surface area contributed by atoms with Crippen LogP contribution < -0.4 is 15.8 Å². The van der Waals surface area contributed by atoms with Crippen molar-refractivity contribution in [1.82, 2.24) is 0 Å². The average Bonchev–Trinajstić information content (AvgIpc) is 2.50. The number of halogens is 2. The lowest BCUT2D eigenvalue weighted by Crippen LogP contribution is -2.30. The lowest BCUT2D eigenvalue weighted by Gasteiger charge is -2.15. The molecule has 0 aliphatic heterocycles. The highest BCUT2D eigenvalue weighted by Gasteiger charge is 2.17. The normalized spacial score (nSPS) is 11.6. The first-order chi connectivity index (χ1) is 10.9. The molecule has 2 rings (SSSR count). The molecule has 23 heavy (non-hydrogen) atoms. The number of ether oxygens (including phenoxy) is 1. The Kier molecular flexibility index (Phi) is 5.33. The topological polar surface area (TPSA) is 81.4 Å². The van der Waals surface area contributed by atoms with Gasteiger partial charge in [-0.2, -0.15) is 0 Å². The zero-order valence-electron chi connectivity index (χ0n) is 12.2. The number of amides is 2. The molecule has 5 nitrogen and oxygen atoms in total. The fraction of sp³-hybridized carbons (Fsp3) is 0.125. The first-order valence-electron chi connectivity index (χ1n) is 6.69. The van der Waals surface area contributed by atoms with Gasteiger partial charge in [0.2, 0.25) is 5.91 Å². The molecule has 0 radical (unpaired) electrons. The summed E-state index contributed by atoms with van der Waals surface area (Å²) in [6.45, 7) is 1.51. The van der Waals surface area contributed by atoms with Crippen molar-refractivity contribution < 1.29 is 18.7 Å². The molecule has 2 aromatic rings. The predicted molar refractivity (Wildman–Crippen MR) is 87.8 cm³/mol. The maximum absolute atomic E-state index is 13.7. The Morgan fingerprint density at radius 1 is 1.22 bits per heavy atom. The molecule has 1 atom stereocenters. The van der Waals surface area contributed by atoms with Crippen LogP contribution in [0.2, 0.25) is 0 Å². The van der Waals surface area contributed by atoms with E-state index < -0.39 is 23.7 Å². The van der Waals surface area contributed by atoms with Gasteiger partial charge in [-0.1, -0.05) is 15.9 Å². The summed E-state index contributed by atoms with van der Waals surface area (Å²) in [5.74, 6) is -1.57. The van der Waals surface area contributed by atoms with E-state index in [9.17, 15) is 14.0 Å². The van der Waals surface area contributed by atoms with E-state index in [1.807, 2.05) is 0 Å². The molecule has 2 amide bonds. The van der Waals surface area contributed by atoms with E-state index >= 15 is 0 Å². The minimum absolute atomic E-state index is 0.0140. The molecule has 0 aliphatic carbocycles. The zero-order valence-corrected chi connectivity index (χ0v) is 13.8. The summed E-state index contributed by atoms with van der Waals surface area (Å²) < 4.78 is 19.6. The molecular weight excluding hydrogens is 367 g/mol. The molecule has 0 fully saturated rings. The van der Waals surface area contributed by atoms with Gasteiger partial charge in [-0.05, 0) is 49.4 Å². The lowest BCUT2D eigenvalue weighted by atomic mass is 10.2. The maximum Gasteiger partial charge on any atom is 0.265 e. The highest BCUT2D eigenvalue weighted by Crippen LogP contribution is 2.22. The smallest absolute Gasteiger partial charge is 0.265 e. The molecule has 0 unspecified atom stereocenters. The molecule has 0 bridgehead atoms. The van der Waals surface area contributed by atoms with Crippen LogP contribution in [0.1, 0.15) is 17.3 Å². The number of anilines is 1. The molecule has 7 heteroatoms. The SMILES string of the molecule is C[C@H](Oc1ccc(Br)cc1F)C(=O)Nc1ccc(C(N)=O)cc1. The molecule has 0 heterocycles. The van der Waals surface area contributed by atoms with Crippen LogP contribution in [-0.4, -0.2) is 17.9 Å². The second kappa shape index (κ2) is 7.23. The Morgan fingerprint density at radius 2 is 1.87 bits per heavy atom. The molecule has 0 aromatic heterocycles. The van der Waals surface area contributed by atoms with Gasteiger partial charge in [0.25, 0.3) is 5.91 Å². The van der Waals surface area contributed by atoms with Gasteiger partial charge in [0.1, 0.15) is 0 Å². The number of hydrogen-bond acceptors (Lipinski definition) is 3. The molecule has 0 saturated heterocycles. The number of nitrogens with two attached hydrogens (primary N) is 1. The number of nitrogens with one attached hydrogen (secondary N) is 1. The molecule has 0 aliphatic rings. The highest BCUT2D eigenvalue weighted by atomic mass is 79.9. The minimum atomic E-state index is -0.901. The largest absolute Gasteiger partial charge is 0.478 e. The van der Waals surface area contributed by atoms with Gasteiger partial charge in [0, 0.05) is 15.7 Å². The van der Waals surface area contributed by atoms with Gasteiger partial charge < -0.3 is 15.8 Å². The van der Waals surface area contributed by atoms with E-state index in [1.165, 1.54) is 31.2 Å². The lowest BCUT2D eigenvalue weighted by molar-refractivity contribution is -0.122. The Morgan fingerprint density at radius 3 is 2.43 bits per heavy atom. The van der Waals surface area contributed by atoms with Gasteiger partial charge in [-0.25, -0.2) is 4.39 Å². The van der Waals surface area contributed by atoms with Crippen molar-refractivity contribution in [2.45, 2.75) is 13.0 Å². The van der Waals surface area contributed by atoms with E-state index in [2.05, 4.69) is 21.2 Å². The fourth-order valence-corrected chi connectivity index (χ4v) is 2.11. The van der Waals surface area contributed by atoms with Crippen LogP contribution in [0, 0.1) is 5.82 Å². The summed E-state index contributed by atoms with van der Waals surface area (Å²) in [4.78, 5) is 23.0. The monoisotopic (exact) mass is 380 g/mol. The van der Waals surface area contributed by atoms with Gasteiger partial charge >= 0.3 is 0 Å². The van der Waals surface area contributed by atoms with Gasteiger partial charge in [-0.3, -0.25) is 9.59 Å². The molecule has 2 aromatic carbocycles. The highest BCUT2D eigenvalue weighted by molar-refractivity contribution is 9.10. The average molecular weight is 381 g/mol. The van der Waals surface area contributed by atoms with Crippen molar-refractivity contribution in [2.75, 3.05) is 5.32 Å². The van der Waals surface area contributed by atoms with E-state index in [0.717, 1.165) is 0 Å². The Hall–Kier alpha value is -2.41. The fourth-order valence-electron chi connectivity index (χ4n) is 1.78. The van der Waals surface area contributed by atoms with Gasteiger partial charge in [-0.15, -0.1) is 0 Å². The molecule has 0 saturated carbocycles. The molecule has 3 N–H and O–H groups in total. The second-order valence-corrected chi connectivity index (χ2v) is 5.68. The molecule has 120 valence electrons. The van der Waals surface area contributed by atoms with Crippen molar-refractivity contribution in [3.8, 4) is 5.75 Å². The van der Waals surface area contributed by atoms with Crippen LogP contribution in [0.25, 0.3) is 0 Å². The third-order valence-corrected chi connectivity index (χ3v) is 3.50. The van der Waals surface area contributed by atoms with Crippen LogP contribution >= 0.6 is 15.9 Å². The Labute approximate surface area is 140 Å². The number of carbonyl (C=O) groups is 2. The second-order valence-electron chi connectivity index (χ2n) is 4.77. The van der Waals surface area contributed by atoms with Crippen molar-refractivity contribution >= 4 is 33.4 Å². The number of carbonyl (C=O) groups excluding carboxylic acids is 2. The Balaban J connectivity index is 2.00. The van der Waals surface area contributed by atoms with Crippen LogP contribution in [0.3, 0.4) is 0 Å². The third-order valence-electron chi connectivity index (χ3n) is 3.00. The summed E-state index contributed by atoms with van der Waals surface area (Å²) in [6, 6.07) is 10.4. The summed E-state index contributed by atoms with van der Waals surface area (Å²) in [7, 11) is 0. The first-order valence-corrected chi connectivity index (χ1v) is 7.48. The predicted octanol–water partition coefficient (Wildman–Crippen LogP) is 3.09. The number of benzene rings is 2. The van der Waals surface area contributed by atoms with Crippen molar-refractivity contribution in [3.63, 3.8) is 0 Å². The van der Waals surface area contributed by atoms with E-state index in [0.29, 0.717) is 15.7 Å². The molecule has 0 spiro atoms. The van der Waals surface area contributed by atoms with E-state index in [-0.39, 0.29) is 5.75 Å². The standard InChI is InChI=1S/C16H14BrFN2O3/c1-9(23-14-7-4-11(17)8-13(14)18)16(22)20-12-5-2-10(3-6-12)15(19)21/h2-9H,1H3,(H2,19,21)(H,20,22)/t9-/m0/s1. The Bertz CT molecular complexity index is 735. The van der Waals surface area contributed by atoms with Crippen LogP contribution in [0.4, 0.5) is 10.1 Å². The van der Waals surface area contributed by atoms with Crippen LogP contribution in [0.15, 0.2) is 46.9 Å². The summed E-state index contributed by atoms with van der Waals surface area (Å²) >= 11 is 3.14. The van der Waals surface area contributed by atoms with E-state index in [1.54, 1.807) is 18.2 Å². The van der Waals surface area contributed by atoms with Gasteiger partial charge in [0.15, 0.2) is 17.7 Å². The zero-order chi connectivity index (χ0) is 17.0. The van der Waals surface area contributed by atoms with Gasteiger partial charge in [0.05, 0.1) is 0 Å². The van der Waals surface area contributed by atoms with Crippen molar-refractivity contribution in [3.05, 3.63) is 58.3 Å². The summed E-state index contributed by atoms with van der Waals surface area (Å²) in [5, 5.41) is 2.61. The van der Waals surface area contributed by atoms with Crippen LogP contribution in [0.5, 0.6) is 5.75 Å². The van der Waals surface area contributed by atoms with Crippen molar-refractivity contribution in [1.29, 1.82) is 0 Å². The van der Waals surface area contributed by atoms with E-state index in [4.69, 9.17) is 10.5 Å². The number of hydrogen-bond donors (Lipinski definition) is 2. The number of rotatable bonds is 5. The minimum Gasteiger partial charge on any atom is -0.478 e. The molecular formula is C16H14BrFN2O3. The number of primary amides is 1. The quantitative estimate of drug-likeness (QED) is 0.835. The van der Waals surface area contributed by atoms with Crippen LogP contribution in [-0.2, 0) is 4.79 Å². The maximum atomic E-state index is 13.7. The first kappa shape index (κ1) is 17.0. The van der Waals surface area contributed by atoms with Crippen molar-refractivity contribution in [2.24, 2.45) is 5.73 Å². The summed E-state index contributed by atoms with van der Waals surface area (Å²) in [6.07, 6.45) is -0.901. The summed E-state index contributed by atoms with van der Waals surface area (Å²) in [5.41, 5.74) is 5.95.